The van der Waals surface area contributed by atoms with Gasteiger partial charge in [0.2, 0.25) is 0 Å². The lowest BCUT2D eigenvalue weighted by atomic mass is 9.96. The smallest absolute Gasteiger partial charge is 0.338 e. The highest BCUT2D eigenvalue weighted by Crippen LogP contribution is 2.36. The molecule has 0 spiro atoms. The molecule has 0 aliphatic carbocycles. The molecule has 1 aliphatic heterocycles. The first kappa shape index (κ1) is 17.6. The van der Waals surface area contributed by atoms with E-state index in [1.807, 2.05) is 0 Å². The fourth-order valence-electron chi connectivity index (χ4n) is 2.56. The lowest BCUT2D eigenvalue weighted by Gasteiger charge is -2.26. The van der Waals surface area contributed by atoms with Crippen LogP contribution in [0.1, 0.15) is 30.3 Å². The highest BCUT2D eigenvalue weighted by molar-refractivity contribution is 7.11. The first-order valence-corrected chi connectivity index (χ1v) is 8.83. The van der Waals surface area contributed by atoms with E-state index in [0.717, 1.165) is 4.88 Å². The molecule has 25 heavy (non-hydrogen) atoms. The van der Waals surface area contributed by atoms with Gasteiger partial charge in [-0.05, 0) is 26.0 Å². The van der Waals surface area contributed by atoms with Gasteiger partial charge in [0.1, 0.15) is 17.7 Å². The SMILES string of the molecule is CCOC(=O)C1=C(C)NC(c2cncs2)=NC1c1ccc(F)cc1Cl. The molecule has 130 valence electrons. The molecule has 0 radical (unpaired) electrons. The Morgan fingerprint density at radius 1 is 1.48 bits per heavy atom. The molecule has 3 rings (SSSR count). The number of ether oxygens (including phenoxy) is 1. The molecular formula is C17H15ClFN3O2S. The lowest BCUT2D eigenvalue weighted by Crippen LogP contribution is -2.32. The number of esters is 1. The third-order valence-corrected chi connectivity index (χ3v) is 4.77. The van der Waals surface area contributed by atoms with Crippen LogP contribution in [0.15, 0.2) is 46.2 Å². The second kappa shape index (κ2) is 7.33. The van der Waals surface area contributed by atoms with Crippen LogP contribution in [0.3, 0.4) is 0 Å². The number of carbonyl (C=O) groups is 1. The average molecular weight is 380 g/mol. The Balaban J connectivity index is 2.11. The van der Waals surface area contributed by atoms with Crippen LogP contribution in [0.2, 0.25) is 5.02 Å². The number of aliphatic imine (C=N–C) groups is 1. The molecule has 0 saturated carbocycles. The third kappa shape index (κ3) is 3.57. The number of nitrogens with one attached hydrogen (secondary N) is 1. The minimum atomic E-state index is -0.689. The minimum absolute atomic E-state index is 0.203. The van der Waals surface area contributed by atoms with Crippen LogP contribution in [0.25, 0.3) is 0 Å². The first-order valence-electron chi connectivity index (χ1n) is 7.57. The van der Waals surface area contributed by atoms with Crippen LogP contribution in [-0.2, 0) is 9.53 Å². The normalized spacial score (nSPS) is 17.1. The van der Waals surface area contributed by atoms with E-state index in [9.17, 15) is 9.18 Å². The number of hydrogen-bond acceptors (Lipinski definition) is 6. The first-order chi connectivity index (χ1) is 12.0. The van der Waals surface area contributed by atoms with Gasteiger partial charge < -0.3 is 10.1 Å². The van der Waals surface area contributed by atoms with E-state index in [-0.39, 0.29) is 11.6 Å². The van der Waals surface area contributed by atoms with E-state index in [1.165, 1.54) is 29.5 Å². The maximum Gasteiger partial charge on any atom is 0.338 e. The molecule has 1 aliphatic rings. The third-order valence-electron chi connectivity index (χ3n) is 3.66. The Bertz CT molecular complexity index is 865. The van der Waals surface area contributed by atoms with E-state index in [2.05, 4.69) is 15.3 Å². The number of halogens is 2. The molecule has 1 aromatic carbocycles. The maximum absolute atomic E-state index is 13.4. The second-order valence-electron chi connectivity index (χ2n) is 5.30. The largest absolute Gasteiger partial charge is 0.463 e. The zero-order valence-electron chi connectivity index (χ0n) is 13.5. The topological polar surface area (TPSA) is 63.6 Å². The zero-order chi connectivity index (χ0) is 18.0. The summed E-state index contributed by atoms with van der Waals surface area (Å²) in [5, 5.41) is 3.32. The van der Waals surface area contributed by atoms with Crippen LogP contribution < -0.4 is 5.32 Å². The van der Waals surface area contributed by atoms with Crippen LogP contribution >= 0.6 is 22.9 Å². The number of rotatable bonds is 4. The summed E-state index contributed by atoms with van der Waals surface area (Å²) in [5.74, 6) is -0.351. The predicted molar refractivity (Wildman–Crippen MR) is 95.3 cm³/mol. The van der Waals surface area contributed by atoms with E-state index in [0.29, 0.717) is 22.7 Å². The monoisotopic (exact) mass is 379 g/mol. The van der Waals surface area contributed by atoms with Crippen LogP contribution in [0.4, 0.5) is 4.39 Å². The Morgan fingerprint density at radius 2 is 2.28 bits per heavy atom. The number of allylic oxidation sites excluding steroid dienone is 1. The molecule has 0 fully saturated rings. The van der Waals surface area contributed by atoms with Crippen molar-refractivity contribution in [3.8, 4) is 0 Å². The fourth-order valence-corrected chi connectivity index (χ4v) is 3.40. The number of benzene rings is 1. The van der Waals surface area contributed by atoms with Crippen molar-refractivity contribution in [3.05, 3.63) is 62.5 Å². The quantitative estimate of drug-likeness (QED) is 0.819. The van der Waals surface area contributed by atoms with Crippen molar-refractivity contribution in [2.24, 2.45) is 4.99 Å². The van der Waals surface area contributed by atoms with Gasteiger partial charge in [-0.25, -0.2) is 9.18 Å². The number of amidine groups is 1. The molecule has 1 N–H and O–H groups in total. The molecule has 0 amide bonds. The van der Waals surface area contributed by atoms with Crippen LogP contribution in [0, 0.1) is 5.82 Å². The second-order valence-corrected chi connectivity index (χ2v) is 6.59. The highest BCUT2D eigenvalue weighted by Gasteiger charge is 2.32. The number of thiazole rings is 1. The van der Waals surface area contributed by atoms with Gasteiger partial charge in [0, 0.05) is 22.5 Å². The van der Waals surface area contributed by atoms with Gasteiger partial charge in [0.25, 0.3) is 0 Å². The Labute approximate surface area is 153 Å². The number of hydrogen-bond donors (Lipinski definition) is 1. The van der Waals surface area contributed by atoms with Crippen molar-refractivity contribution in [1.29, 1.82) is 0 Å². The summed E-state index contributed by atoms with van der Waals surface area (Å²) >= 11 is 7.64. The van der Waals surface area contributed by atoms with Crippen molar-refractivity contribution in [3.63, 3.8) is 0 Å². The summed E-state index contributed by atoms with van der Waals surface area (Å²) in [6, 6.07) is 3.35. The molecule has 1 atom stereocenters. The molecule has 0 saturated heterocycles. The van der Waals surface area contributed by atoms with Crippen molar-refractivity contribution >= 4 is 34.7 Å². The van der Waals surface area contributed by atoms with Gasteiger partial charge in [-0.3, -0.25) is 9.98 Å². The number of aromatic nitrogens is 1. The zero-order valence-corrected chi connectivity index (χ0v) is 15.1. The minimum Gasteiger partial charge on any atom is -0.463 e. The summed E-state index contributed by atoms with van der Waals surface area (Å²) in [4.78, 5) is 21.9. The molecule has 0 bridgehead atoms. The van der Waals surface area contributed by atoms with Gasteiger partial charge in [-0.2, -0.15) is 0 Å². The van der Waals surface area contributed by atoms with E-state index < -0.39 is 17.8 Å². The van der Waals surface area contributed by atoms with Gasteiger partial charge in [0.15, 0.2) is 0 Å². The summed E-state index contributed by atoms with van der Waals surface area (Å²) in [6.45, 7) is 3.74. The number of carbonyl (C=O) groups excluding carboxylic acids is 1. The molecule has 2 heterocycles. The summed E-state index contributed by atoms with van der Waals surface area (Å²) < 4.78 is 18.6. The van der Waals surface area contributed by atoms with Gasteiger partial charge >= 0.3 is 5.97 Å². The lowest BCUT2D eigenvalue weighted by molar-refractivity contribution is -0.138. The summed E-state index contributed by atoms with van der Waals surface area (Å²) in [6.07, 6.45) is 1.68. The Hall–Kier alpha value is -2.25. The van der Waals surface area contributed by atoms with Gasteiger partial charge in [-0.1, -0.05) is 17.7 Å². The predicted octanol–water partition coefficient (Wildman–Crippen LogP) is 3.86. The van der Waals surface area contributed by atoms with Crippen molar-refractivity contribution in [2.45, 2.75) is 19.9 Å². The molecule has 8 heteroatoms. The average Bonchev–Trinajstić information content (AvgIpc) is 3.08. The van der Waals surface area contributed by atoms with Crippen molar-refractivity contribution in [2.75, 3.05) is 6.61 Å². The Kier molecular flexibility index (Phi) is 5.15. The molecule has 1 aromatic heterocycles. The standard InChI is InChI=1S/C17H15ClFN3O2S/c1-3-24-17(23)14-9(2)21-16(13-7-20-8-25-13)22-15(14)11-5-4-10(19)6-12(11)18/h4-8,15H,3H2,1-2H3,(H,21,22). The maximum atomic E-state index is 13.4. The fraction of sp³-hybridized carbons (Fsp3) is 0.235. The molecular weight excluding hydrogens is 365 g/mol. The van der Waals surface area contributed by atoms with E-state index in [4.69, 9.17) is 16.3 Å². The van der Waals surface area contributed by atoms with Gasteiger partial charge in [-0.15, -0.1) is 11.3 Å². The molecule has 1 unspecified atom stereocenters. The number of nitrogens with zero attached hydrogens (tertiary/aromatic N) is 2. The Morgan fingerprint density at radius 3 is 2.92 bits per heavy atom. The summed E-state index contributed by atoms with van der Waals surface area (Å²) in [5.41, 5.74) is 3.19. The van der Waals surface area contributed by atoms with Crippen LogP contribution in [-0.4, -0.2) is 23.4 Å². The molecule has 5 nitrogen and oxygen atoms in total. The van der Waals surface area contributed by atoms with E-state index in [1.54, 1.807) is 25.6 Å². The molecule has 2 aromatic rings. The van der Waals surface area contributed by atoms with Gasteiger partial charge in [0.05, 0.1) is 22.6 Å². The van der Waals surface area contributed by atoms with Crippen LogP contribution in [0.5, 0.6) is 0 Å². The van der Waals surface area contributed by atoms with Crippen molar-refractivity contribution < 1.29 is 13.9 Å². The van der Waals surface area contributed by atoms with E-state index >= 15 is 0 Å². The summed E-state index contributed by atoms with van der Waals surface area (Å²) in [7, 11) is 0. The van der Waals surface area contributed by atoms with Crippen molar-refractivity contribution in [1.82, 2.24) is 10.3 Å². The highest BCUT2D eigenvalue weighted by atomic mass is 35.5.